The average molecular weight is 743 g/mol. The van der Waals surface area contributed by atoms with Gasteiger partial charge in [-0.05, 0) is 132 Å². The molecule has 8 nitrogen and oxygen atoms in total. The first-order chi connectivity index (χ1) is 27.1. The van der Waals surface area contributed by atoms with E-state index in [0.29, 0.717) is 0 Å². The van der Waals surface area contributed by atoms with Crippen LogP contribution in [-0.4, -0.2) is 37.2 Å². The maximum absolute atomic E-state index is 5.43. The molecule has 1 heterocycles. The molecule has 8 aromatic rings. The van der Waals surface area contributed by atoms with Gasteiger partial charge in [0.1, 0.15) is 34.0 Å². The third kappa shape index (κ3) is 7.13. The van der Waals surface area contributed by atoms with Crippen LogP contribution in [0.3, 0.4) is 0 Å². The van der Waals surface area contributed by atoms with Crippen LogP contribution in [0, 0.1) is 0 Å². The zero-order valence-corrected chi connectivity index (χ0v) is 31.7. The highest BCUT2D eigenvalue weighted by molar-refractivity contribution is 7.00. The summed E-state index contributed by atoms with van der Waals surface area (Å²) in [5, 5.41) is 0. The highest BCUT2D eigenvalue weighted by Gasteiger charge is 2.18. The second-order valence-corrected chi connectivity index (χ2v) is 13.2. The Labute approximate surface area is 324 Å². The first kappa shape index (κ1) is 35.2. The van der Waals surface area contributed by atoms with Crippen LogP contribution in [0.1, 0.15) is 0 Å². The van der Waals surface area contributed by atoms with E-state index in [4.69, 9.17) is 27.7 Å². The maximum atomic E-state index is 5.43. The molecular weight excluding hydrogens is 705 g/mol. The molecule has 0 aliphatic rings. The van der Waals surface area contributed by atoms with Gasteiger partial charge in [0.05, 0.1) is 40.2 Å². The fraction of sp³-hybridized carbons (Fsp3) is 0.0870. The summed E-state index contributed by atoms with van der Waals surface area (Å²) < 4.78 is 31.3. The van der Waals surface area contributed by atoms with Gasteiger partial charge >= 0.3 is 0 Å². The van der Waals surface area contributed by atoms with Gasteiger partial charge in [-0.25, -0.2) is 0 Å². The summed E-state index contributed by atoms with van der Waals surface area (Å²) in [5.74, 6) is 3.22. The van der Waals surface area contributed by atoms with Gasteiger partial charge in [-0.1, -0.05) is 36.4 Å². The average Bonchev–Trinajstić information content (AvgIpc) is 3.76. The van der Waals surface area contributed by atoms with Gasteiger partial charge in [-0.2, -0.15) is 8.75 Å². The molecule has 0 aliphatic heterocycles. The van der Waals surface area contributed by atoms with Crippen LogP contribution in [0.25, 0.3) is 33.3 Å². The van der Waals surface area contributed by atoms with Gasteiger partial charge in [-0.3, -0.25) is 0 Å². The molecule has 0 aliphatic carbocycles. The number of hydrogen-bond acceptors (Lipinski definition) is 9. The highest BCUT2D eigenvalue weighted by atomic mass is 32.1. The minimum absolute atomic E-state index is 0.804. The van der Waals surface area contributed by atoms with Gasteiger partial charge in [0, 0.05) is 45.3 Å². The van der Waals surface area contributed by atoms with Gasteiger partial charge in [0.2, 0.25) is 0 Å². The normalized spacial score (nSPS) is 10.9. The molecule has 272 valence electrons. The van der Waals surface area contributed by atoms with E-state index < -0.39 is 0 Å². The summed E-state index contributed by atoms with van der Waals surface area (Å²) in [6.07, 6.45) is 0. The van der Waals surface area contributed by atoms with Crippen molar-refractivity contribution in [3.05, 3.63) is 158 Å². The fourth-order valence-corrected chi connectivity index (χ4v) is 7.31. The van der Waals surface area contributed by atoms with Gasteiger partial charge in [-0.15, -0.1) is 0 Å². The van der Waals surface area contributed by atoms with Crippen LogP contribution in [0.4, 0.5) is 34.1 Å². The molecule has 0 radical (unpaired) electrons. The topological polar surface area (TPSA) is 69.2 Å². The molecule has 0 spiro atoms. The minimum Gasteiger partial charge on any atom is -0.497 e. The molecule has 0 saturated heterocycles. The lowest BCUT2D eigenvalue weighted by molar-refractivity contribution is 0.414. The highest BCUT2D eigenvalue weighted by Crippen LogP contribution is 2.41. The number of ether oxygens (including phenoxy) is 4. The van der Waals surface area contributed by atoms with Crippen molar-refractivity contribution in [3.8, 4) is 45.3 Å². The molecule has 0 bridgehead atoms. The summed E-state index contributed by atoms with van der Waals surface area (Å²) in [5.41, 5.74) is 12.0. The van der Waals surface area contributed by atoms with Crippen molar-refractivity contribution in [1.82, 2.24) is 8.75 Å². The molecule has 55 heavy (non-hydrogen) atoms. The number of benzene rings is 7. The Morgan fingerprint density at radius 1 is 0.327 bits per heavy atom. The molecule has 8 rings (SSSR count). The Morgan fingerprint density at radius 2 is 0.564 bits per heavy atom. The number of aromatic nitrogens is 2. The Hall–Kier alpha value is -6.84. The number of anilines is 6. The molecule has 0 amide bonds. The predicted molar refractivity (Wildman–Crippen MR) is 224 cm³/mol. The quantitative estimate of drug-likeness (QED) is 0.123. The van der Waals surface area contributed by atoms with Crippen molar-refractivity contribution in [2.75, 3.05) is 38.2 Å². The van der Waals surface area contributed by atoms with E-state index in [2.05, 4.69) is 119 Å². The molecule has 1 aromatic heterocycles. The van der Waals surface area contributed by atoms with E-state index >= 15 is 0 Å². The summed E-state index contributed by atoms with van der Waals surface area (Å²) in [6.45, 7) is 0. The number of nitrogens with zero attached hydrogens (tertiary/aromatic N) is 4. The standard InChI is InChI=1S/C46H38N4O4S/c1-51-39-21-13-35(14-22-39)49(36-15-23-40(52-2)24-16-36)33-9-5-31(6-10-33)43-29-30-44(46-45(43)47-55-48-46)32-7-11-34(12-8-32)50(37-17-25-41(53-3)26-18-37)38-19-27-42(54-4)28-20-38/h5-30H,1-4H3. The van der Waals surface area contributed by atoms with Crippen LogP contribution in [0.15, 0.2) is 158 Å². The smallest absolute Gasteiger partial charge is 0.119 e. The summed E-state index contributed by atoms with van der Waals surface area (Å²) >= 11 is 1.23. The van der Waals surface area contributed by atoms with E-state index in [9.17, 15) is 0 Å². The second-order valence-electron chi connectivity index (χ2n) is 12.7. The third-order valence-corrected chi connectivity index (χ3v) is 10.1. The molecule has 0 fully saturated rings. The van der Waals surface area contributed by atoms with E-state index in [1.165, 1.54) is 11.7 Å². The first-order valence-electron chi connectivity index (χ1n) is 17.7. The third-order valence-electron chi connectivity index (χ3n) is 9.61. The lowest BCUT2D eigenvalue weighted by Crippen LogP contribution is -2.09. The van der Waals surface area contributed by atoms with Crippen LogP contribution in [0.5, 0.6) is 23.0 Å². The predicted octanol–water partition coefficient (Wildman–Crippen LogP) is 12.0. The van der Waals surface area contributed by atoms with Gasteiger partial charge in [0.15, 0.2) is 0 Å². The van der Waals surface area contributed by atoms with Crippen molar-refractivity contribution >= 4 is 56.9 Å². The van der Waals surface area contributed by atoms with E-state index in [1.54, 1.807) is 28.4 Å². The minimum atomic E-state index is 0.804. The maximum Gasteiger partial charge on any atom is 0.119 e. The molecule has 0 atom stereocenters. The van der Waals surface area contributed by atoms with Crippen molar-refractivity contribution < 1.29 is 18.9 Å². The van der Waals surface area contributed by atoms with Crippen molar-refractivity contribution in [1.29, 1.82) is 0 Å². The molecular formula is C46H38N4O4S. The molecule has 0 unspecified atom stereocenters. The molecule has 7 aromatic carbocycles. The summed E-state index contributed by atoms with van der Waals surface area (Å²) in [6, 6.07) is 53.7. The zero-order chi connectivity index (χ0) is 37.7. The molecule has 0 N–H and O–H groups in total. The van der Waals surface area contributed by atoms with Gasteiger partial charge < -0.3 is 28.7 Å². The molecule has 0 saturated carbocycles. The number of methoxy groups -OCH3 is 4. The number of rotatable bonds is 12. The van der Waals surface area contributed by atoms with Crippen molar-refractivity contribution in [2.24, 2.45) is 0 Å². The Bertz CT molecular complexity index is 2230. The Morgan fingerprint density at radius 3 is 0.800 bits per heavy atom. The SMILES string of the molecule is COc1ccc(N(c2ccc(OC)cc2)c2ccc(-c3ccc(-c4ccc(N(c5ccc(OC)cc5)c5ccc(OC)cc5)cc4)c4nsnc34)cc2)cc1. The summed E-state index contributed by atoms with van der Waals surface area (Å²) in [4.78, 5) is 4.42. The van der Waals surface area contributed by atoms with Crippen LogP contribution in [0.2, 0.25) is 0 Å². The lowest BCUT2D eigenvalue weighted by Gasteiger charge is -2.26. The van der Waals surface area contributed by atoms with Crippen LogP contribution in [-0.2, 0) is 0 Å². The largest absolute Gasteiger partial charge is 0.497 e. The van der Waals surface area contributed by atoms with Crippen molar-refractivity contribution in [2.45, 2.75) is 0 Å². The Balaban J connectivity index is 1.11. The fourth-order valence-electron chi connectivity index (χ4n) is 6.73. The van der Waals surface area contributed by atoms with Crippen LogP contribution < -0.4 is 28.7 Å². The zero-order valence-electron chi connectivity index (χ0n) is 30.8. The molecule has 9 heteroatoms. The summed E-state index contributed by atoms with van der Waals surface area (Å²) in [7, 11) is 6.70. The van der Waals surface area contributed by atoms with E-state index in [0.717, 1.165) is 90.4 Å². The Kier molecular flexibility index (Phi) is 10.0. The number of fused-ring (bicyclic) bond motifs is 1. The monoisotopic (exact) mass is 742 g/mol. The lowest BCUT2D eigenvalue weighted by atomic mass is 9.97. The number of hydrogen-bond donors (Lipinski definition) is 0. The second kappa shape index (κ2) is 15.6. The van der Waals surface area contributed by atoms with E-state index in [1.807, 2.05) is 48.5 Å². The van der Waals surface area contributed by atoms with Crippen LogP contribution >= 0.6 is 11.7 Å². The first-order valence-corrected chi connectivity index (χ1v) is 18.4. The van der Waals surface area contributed by atoms with Gasteiger partial charge in [0.25, 0.3) is 0 Å². The van der Waals surface area contributed by atoms with Crippen molar-refractivity contribution in [3.63, 3.8) is 0 Å². The van der Waals surface area contributed by atoms with E-state index in [-0.39, 0.29) is 0 Å².